The van der Waals surface area contributed by atoms with E-state index < -0.39 is 5.97 Å². The third kappa shape index (κ3) is 6.60. The number of hydrogen-bond acceptors (Lipinski definition) is 4. The van der Waals surface area contributed by atoms with E-state index in [0.717, 1.165) is 13.0 Å². The highest BCUT2D eigenvalue weighted by Crippen LogP contribution is 2.21. The Morgan fingerprint density at radius 1 is 1.32 bits per heavy atom. The van der Waals surface area contributed by atoms with Crippen molar-refractivity contribution in [1.29, 1.82) is 0 Å². The summed E-state index contributed by atoms with van der Waals surface area (Å²) in [4.78, 5) is 11.6. The fourth-order valence-electron chi connectivity index (χ4n) is 1.66. The van der Waals surface area contributed by atoms with Gasteiger partial charge in [-0.05, 0) is 50.7 Å². The molecular formula is C15H21ClN2O3S. The van der Waals surface area contributed by atoms with Crippen LogP contribution in [0.1, 0.15) is 30.6 Å². The zero-order valence-corrected chi connectivity index (χ0v) is 14.4. The van der Waals surface area contributed by atoms with Gasteiger partial charge in [-0.15, -0.1) is 0 Å². The lowest BCUT2D eigenvalue weighted by Crippen LogP contribution is -2.29. The zero-order valence-electron chi connectivity index (χ0n) is 12.8. The van der Waals surface area contributed by atoms with Gasteiger partial charge >= 0.3 is 5.97 Å². The molecule has 5 nitrogen and oxygen atoms in total. The highest BCUT2D eigenvalue weighted by Gasteiger charge is 2.11. The van der Waals surface area contributed by atoms with Crippen LogP contribution in [0.4, 0.5) is 5.69 Å². The van der Waals surface area contributed by atoms with Gasteiger partial charge in [-0.1, -0.05) is 11.6 Å². The van der Waals surface area contributed by atoms with Crippen LogP contribution in [0.3, 0.4) is 0 Å². The summed E-state index contributed by atoms with van der Waals surface area (Å²) in [5.41, 5.74) is 1.05. The molecule has 0 fully saturated rings. The van der Waals surface area contributed by atoms with Crippen molar-refractivity contribution in [3.63, 3.8) is 0 Å². The van der Waals surface area contributed by atoms with Crippen LogP contribution < -0.4 is 10.6 Å². The van der Waals surface area contributed by atoms with Crippen LogP contribution >= 0.6 is 23.8 Å². The second-order valence-electron chi connectivity index (χ2n) is 4.35. The molecule has 0 saturated carbocycles. The van der Waals surface area contributed by atoms with Crippen molar-refractivity contribution < 1.29 is 14.3 Å². The molecule has 0 amide bonds. The Morgan fingerprint density at radius 3 is 2.73 bits per heavy atom. The minimum absolute atomic E-state index is 0.310. The lowest BCUT2D eigenvalue weighted by Gasteiger charge is -2.12. The summed E-state index contributed by atoms with van der Waals surface area (Å²) in [5, 5.41) is 6.91. The number of ether oxygens (including phenoxy) is 2. The summed E-state index contributed by atoms with van der Waals surface area (Å²) in [6, 6.07) is 4.98. The maximum Gasteiger partial charge on any atom is 0.339 e. The molecule has 0 aliphatic rings. The van der Waals surface area contributed by atoms with E-state index in [1.165, 1.54) is 0 Å². The summed E-state index contributed by atoms with van der Waals surface area (Å²) >= 11 is 11.3. The average molecular weight is 345 g/mol. The van der Waals surface area contributed by atoms with Crippen LogP contribution in [0.25, 0.3) is 0 Å². The first-order valence-corrected chi connectivity index (χ1v) is 7.96. The first kappa shape index (κ1) is 18.7. The first-order chi connectivity index (χ1) is 10.6. The molecule has 7 heteroatoms. The summed E-state index contributed by atoms with van der Waals surface area (Å²) in [6.45, 7) is 6.16. The smallest absolute Gasteiger partial charge is 0.339 e. The predicted molar refractivity (Wildman–Crippen MR) is 92.7 cm³/mol. The molecule has 1 aromatic rings. The van der Waals surface area contributed by atoms with Gasteiger partial charge in [0.1, 0.15) is 0 Å². The molecule has 0 saturated heterocycles. The quantitative estimate of drug-likeness (QED) is 0.429. The van der Waals surface area contributed by atoms with Gasteiger partial charge in [0.2, 0.25) is 0 Å². The topological polar surface area (TPSA) is 59.6 Å². The van der Waals surface area contributed by atoms with Gasteiger partial charge in [0.05, 0.1) is 17.2 Å². The largest absolute Gasteiger partial charge is 0.462 e. The Bertz CT molecular complexity index is 512. The highest BCUT2D eigenvalue weighted by atomic mass is 35.5. The van der Waals surface area contributed by atoms with Crippen LogP contribution in [0.15, 0.2) is 18.2 Å². The molecule has 122 valence electrons. The fourth-order valence-corrected chi connectivity index (χ4v) is 2.14. The summed E-state index contributed by atoms with van der Waals surface area (Å²) in [7, 11) is 0. The van der Waals surface area contributed by atoms with E-state index in [1.54, 1.807) is 25.1 Å². The van der Waals surface area contributed by atoms with Crippen LogP contribution in [-0.4, -0.2) is 37.4 Å². The third-order valence-corrected chi connectivity index (χ3v) is 3.24. The minimum Gasteiger partial charge on any atom is -0.462 e. The number of rotatable bonds is 8. The first-order valence-electron chi connectivity index (χ1n) is 7.17. The molecule has 1 aromatic carbocycles. The molecule has 22 heavy (non-hydrogen) atoms. The van der Waals surface area contributed by atoms with Gasteiger partial charge in [-0.25, -0.2) is 4.79 Å². The SMILES string of the molecule is CCOCCCNC(=S)Nc1ccc(C(=O)OCC)c(Cl)c1. The van der Waals surface area contributed by atoms with Gasteiger partial charge in [-0.3, -0.25) is 0 Å². The lowest BCUT2D eigenvalue weighted by atomic mass is 10.2. The molecule has 0 heterocycles. The van der Waals surface area contributed by atoms with E-state index in [0.29, 0.717) is 41.2 Å². The van der Waals surface area contributed by atoms with Gasteiger partial charge in [0.15, 0.2) is 5.11 Å². The van der Waals surface area contributed by atoms with E-state index in [-0.39, 0.29) is 0 Å². The Balaban J connectivity index is 2.47. The van der Waals surface area contributed by atoms with Crippen molar-refractivity contribution in [2.75, 3.05) is 31.7 Å². The lowest BCUT2D eigenvalue weighted by molar-refractivity contribution is 0.0526. The number of halogens is 1. The average Bonchev–Trinajstić information content (AvgIpc) is 2.47. The number of benzene rings is 1. The van der Waals surface area contributed by atoms with Crippen molar-refractivity contribution in [2.45, 2.75) is 20.3 Å². The third-order valence-electron chi connectivity index (χ3n) is 2.68. The van der Waals surface area contributed by atoms with E-state index in [2.05, 4.69) is 10.6 Å². The van der Waals surface area contributed by atoms with Crippen molar-refractivity contribution in [2.24, 2.45) is 0 Å². The van der Waals surface area contributed by atoms with Crippen molar-refractivity contribution >= 4 is 40.6 Å². The zero-order chi connectivity index (χ0) is 16.4. The molecule has 0 bridgehead atoms. The number of esters is 1. The highest BCUT2D eigenvalue weighted by molar-refractivity contribution is 7.80. The van der Waals surface area contributed by atoms with E-state index in [9.17, 15) is 4.79 Å². The van der Waals surface area contributed by atoms with Crippen LogP contribution in [-0.2, 0) is 9.47 Å². The van der Waals surface area contributed by atoms with Gasteiger partial charge in [0, 0.05) is 25.4 Å². The predicted octanol–water partition coefficient (Wildman–Crippen LogP) is 3.23. The van der Waals surface area contributed by atoms with Crippen LogP contribution in [0, 0.1) is 0 Å². The molecule has 0 spiro atoms. The Morgan fingerprint density at radius 2 is 2.09 bits per heavy atom. The van der Waals surface area contributed by atoms with Gasteiger partial charge in [-0.2, -0.15) is 0 Å². The Kier molecular flexibility index (Phi) is 8.81. The number of hydrogen-bond donors (Lipinski definition) is 2. The van der Waals surface area contributed by atoms with Crippen molar-refractivity contribution in [1.82, 2.24) is 5.32 Å². The van der Waals surface area contributed by atoms with E-state index in [1.807, 2.05) is 6.92 Å². The normalized spacial score (nSPS) is 10.1. The summed E-state index contributed by atoms with van der Waals surface area (Å²) < 4.78 is 10.2. The molecule has 0 aliphatic carbocycles. The molecule has 0 aromatic heterocycles. The van der Waals surface area contributed by atoms with Crippen LogP contribution in [0.2, 0.25) is 5.02 Å². The molecule has 1 rings (SSSR count). The molecule has 0 aliphatic heterocycles. The molecule has 2 N–H and O–H groups in total. The number of carbonyl (C=O) groups excluding carboxylic acids is 1. The summed E-state index contributed by atoms with van der Waals surface area (Å²) in [5.74, 6) is -0.435. The van der Waals surface area contributed by atoms with E-state index in [4.69, 9.17) is 33.3 Å². The molecule has 0 unspecified atom stereocenters. The second kappa shape index (κ2) is 10.4. The number of thiocarbonyl (C=S) groups is 1. The van der Waals surface area contributed by atoms with E-state index >= 15 is 0 Å². The van der Waals surface area contributed by atoms with Gasteiger partial charge < -0.3 is 20.1 Å². The van der Waals surface area contributed by atoms with Crippen molar-refractivity contribution in [3.8, 4) is 0 Å². The van der Waals surface area contributed by atoms with Gasteiger partial charge in [0.25, 0.3) is 0 Å². The maximum absolute atomic E-state index is 11.6. The summed E-state index contributed by atoms with van der Waals surface area (Å²) in [6.07, 6.45) is 0.873. The standard InChI is InChI=1S/C15H21ClN2O3S/c1-3-20-9-5-8-17-15(22)18-11-6-7-12(13(16)10-11)14(19)21-4-2/h6-7,10H,3-5,8-9H2,1-2H3,(H2,17,18,22). The number of anilines is 1. The molecule has 0 atom stereocenters. The maximum atomic E-state index is 11.6. The Hall–Kier alpha value is -1.37. The minimum atomic E-state index is -0.435. The second-order valence-corrected chi connectivity index (χ2v) is 5.16. The van der Waals surface area contributed by atoms with Crippen molar-refractivity contribution in [3.05, 3.63) is 28.8 Å². The fraction of sp³-hybridized carbons (Fsp3) is 0.467. The number of carbonyl (C=O) groups is 1. The monoisotopic (exact) mass is 344 g/mol. The number of nitrogens with one attached hydrogen (secondary N) is 2. The molecular weight excluding hydrogens is 324 g/mol. The molecule has 0 radical (unpaired) electrons. The van der Waals surface area contributed by atoms with Crippen LogP contribution in [0.5, 0.6) is 0 Å². The Labute approximate surface area is 141 Å².